The summed E-state index contributed by atoms with van der Waals surface area (Å²) in [6.07, 6.45) is 2.18. The number of rotatable bonds is 1. The molecule has 2 fully saturated rings. The molecular formula is C13H22N2O3. The molecule has 5 heteroatoms. The number of hydrogen-bond donors (Lipinski definition) is 1. The van der Waals surface area contributed by atoms with Gasteiger partial charge in [-0.15, -0.1) is 0 Å². The third kappa shape index (κ3) is 2.44. The van der Waals surface area contributed by atoms with Crippen molar-refractivity contribution in [3.05, 3.63) is 0 Å². The van der Waals surface area contributed by atoms with Crippen molar-refractivity contribution in [1.29, 1.82) is 0 Å². The van der Waals surface area contributed by atoms with Gasteiger partial charge in [-0.3, -0.25) is 4.79 Å². The van der Waals surface area contributed by atoms with Crippen LogP contribution < -0.4 is 0 Å². The van der Waals surface area contributed by atoms with E-state index in [1.807, 2.05) is 9.80 Å². The molecule has 2 aliphatic heterocycles. The molecule has 2 amide bonds. The van der Waals surface area contributed by atoms with Crippen molar-refractivity contribution >= 4 is 12.0 Å². The molecule has 5 nitrogen and oxygen atoms in total. The second-order valence-electron chi connectivity index (χ2n) is 5.98. The van der Waals surface area contributed by atoms with Gasteiger partial charge < -0.3 is 14.9 Å². The average molecular weight is 254 g/mol. The topological polar surface area (TPSA) is 60.9 Å². The van der Waals surface area contributed by atoms with E-state index in [-0.39, 0.29) is 6.03 Å². The minimum absolute atomic E-state index is 0.0896. The molecule has 102 valence electrons. The number of carboxylic acids is 1. The van der Waals surface area contributed by atoms with Crippen LogP contribution >= 0.6 is 0 Å². The number of hydrogen-bond acceptors (Lipinski definition) is 2. The van der Waals surface area contributed by atoms with Crippen LogP contribution in [0.1, 0.15) is 33.1 Å². The highest BCUT2D eigenvalue weighted by atomic mass is 16.4. The van der Waals surface area contributed by atoms with Crippen LogP contribution in [-0.4, -0.2) is 53.1 Å². The first kappa shape index (κ1) is 13.2. The normalized spacial score (nSPS) is 27.3. The Labute approximate surface area is 108 Å². The Morgan fingerprint density at radius 3 is 2.22 bits per heavy atom. The van der Waals surface area contributed by atoms with Crippen molar-refractivity contribution < 1.29 is 14.7 Å². The maximum absolute atomic E-state index is 12.2. The molecule has 2 rings (SSSR count). The van der Waals surface area contributed by atoms with Crippen molar-refractivity contribution in [2.45, 2.75) is 33.1 Å². The zero-order valence-corrected chi connectivity index (χ0v) is 11.2. The first-order valence-corrected chi connectivity index (χ1v) is 6.69. The maximum atomic E-state index is 12.2. The van der Waals surface area contributed by atoms with E-state index in [0.29, 0.717) is 31.8 Å². The van der Waals surface area contributed by atoms with E-state index in [0.717, 1.165) is 19.5 Å². The van der Waals surface area contributed by atoms with Crippen LogP contribution in [0.5, 0.6) is 0 Å². The van der Waals surface area contributed by atoms with E-state index in [4.69, 9.17) is 5.11 Å². The van der Waals surface area contributed by atoms with Crippen LogP contribution in [0.2, 0.25) is 0 Å². The fourth-order valence-corrected chi connectivity index (χ4v) is 2.71. The Balaban J connectivity index is 1.90. The van der Waals surface area contributed by atoms with Gasteiger partial charge in [0.15, 0.2) is 0 Å². The Hall–Kier alpha value is -1.26. The Morgan fingerprint density at radius 2 is 1.78 bits per heavy atom. The van der Waals surface area contributed by atoms with Crippen LogP contribution in [-0.2, 0) is 4.79 Å². The number of likely N-dealkylation sites (tertiary alicyclic amines) is 2. The summed E-state index contributed by atoms with van der Waals surface area (Å²) in [5.74, 6) is -0.160. The maximum Gasteiger partial charge on any atom is 0.320 e. The third-order valence-electron chi connectivity index (χ3n) is 4.35. The predicted octanol–water partition coefficient (Wildman–Crippen LogP) is 1.63. The number of amides is 2. The summed E-state index contributed by atoms with van der Waals surface area (Å²) in [7, 11) is 0. The van der Waals surface area contributed by atoms with Gasteiger partial charge in [0.2, 0.25) is 0 Å². The largest absolute Gasteiger partial charge is 0.481 e. The minimum Gasteiger partial charge on any atom is -0.481 e. The first-order chi connectivity index (χ1) is 8.42. The first-order valence-electron chi connectivity index (χ1n) is 6.69. The van der Waals surface area contributed by atoms with Crippen LogP contribution in [0.15, 0.2) is 0 Å². The van der Waals surface area contributed by atoms with Crippen molar-refractivity contribution in [3.8, 4) is 0 Å². The molecule has 1 atom stereocenters. The highest BCUT2D eigenvalue weighted by Crippen LogP contribution is 2.31. The van der Waals surface area contributed by atoms with E-state index < -0.39 is 11.4 Å². The molecule has 1 N–H and O–H groups in total. The lowest BCUT2D eigenvalue weighted by atomic mass is 9.80. The zero-order valence-electron chi connectivity index (χ0n) is 11.2. The average Bonchev–Trinajstić information content (AvgIpc) is 2.76. The molecular weight excluding hydrogens is 232 g/mol. The highest BCUT2D eigenvalue weighted by Gasteiger charge is 2.39. The molecule has 2 aliphatic rings. The standard InChI is InChI=1S/C13H22N2O3/c1-10-3-6-15(9-10)12(18)14-7-4-13(2,5-8-14)11(16)17/h10H,3-9H2,1-2H3,(H,16,17). The van der Waals surface area contributed by atoms with Crippen LogP contribution in [0.3, 0.4) is 0 Å². The molecule has 0 aliphatic carbocycles. The molecule has 0 spiro atoms. The molecule has 1 unspecified atom stereocenters. The molecule has 0 radical (unpaired) electrons. The number of nitrogens with zero attached hydrogens (tertiary/aromatic N) is 2. The number of piperidine rings is 1. The van der Waals surface area contributed by atoms with Crippen LogP contribution in [0, 0.1) is 11.3 Å². The fourth-order valence-electron chi connectivity index (χ4n) is 2.71. The summed E-state index contributed by atoms with van der Waals surface area (Å²) < 4.78 is 0. The second kappa shape index (κ2) is 4.78. The molecule has 0 aromatic heterocycles. The number of carbonyl (C=O) groups excluding carboxylic acids is 1. The van der Waals surface area contributed by atoms with E-state index in [2.05, 4.69) is 6.92 Å². The van der Waals surface area contributed by atoms with Gasteiger partial charge in [-0.1, -0.05) is 6.92 Å². The molecule has 0 bridgehead atoms. The van der Waals surface area contributed by atoms with Gasteiger partial charge in [0.1, 0.15) is 0 Å². The van der Waals surface area contributed by atoms with E-state index in [9.17, 15) is 9.59 Å². The van der Waals surface area contributed by atoms with Crippen molar-refractivity contribution in [3.63, 3.8) is 0 Å². The second-order valence-corrected chi connectivity index (χ2v) is 5.98. The van der Waals surface area contributed by atoms with Crippen LogP contribution in [0.25, 0.3) is 0 Å². The summed E-state index contributed by atoms with van der Waals surface area (Å²) in [5.41, 5.74) is -0.658. The predicted molar refractivity (Wildman–Crippen MR) is 67.3 cm³/mol. The summed E-state index contributed by atoms with van der Waals surface area (Å²) in [6.45, 7) is 6.73. The van der Waals surface area contributed by atoms with E-state index in [1.54, 1.807) is 6.92 Å². The van der Waals surface area contributed by atoms with Gasteiger partial charge in [-0.25, -0.2) is 4.79 Å². The number of carbonyl (C=O) groups is 2. The van der Waals surface area contributed by atoms with Gasteiger partial charge in [-0.2, -0.15) is 0 Å². The third-order valence-corrected chi connectivity index (χ3v) is 4.35. The van der Waals surface area contributed by atoms with Gasteiger partial charge in [0.05, 0.1) is 5.41 Å². The number of aliphatic carboxylic acids is 1. The Morgan fingerprint density at radius 1 is 1.17 bits per heavy atom. The lowest BCUT2D eigenvalue weighted by Gasteiger charge is -2.38. The van der Waals surface area contributed by atoms with Gasteiger partial charge in [0.25, 0.3) is 0 Å². The lowest BCUT2D eigenvalue weighted by molar-refractivity contribution is -0.150. The summed E-state index contributed by atoms with van der Waals surface area (Å²) >= 11 is 0. The van der Waals surface area contributed by atoms with Crippen LogP contribution in [0.4, 0.5) is 4.79 Å². The van der Waals surface area contributed by atoms with Crippen molar-refractivity contribution in [2.75, 3.05) is 26.2 Å². The summed E-state index contributed by atoms with van der Waals surface area (Å²) in [4.78, 5) is 27.1. The molecule has 18 heavy (non-hydrogen) atoms. The Bertz CT molecular complexity index is 348. The van der Waals surface area contributed by atoms with Gasteiger partial charge >= 0.3 is 12.0 Å². The number of carboxylic acid groups (broad SMARTS) is 1. The fraction of sp³-hybridized carbons (Fsp3) is 0.846. The SMILES string of the molecule is CC1CCN(C(=O)N2CCC(C)(C(=O)O)CC2)C1. The zero-order chi connectivity index (χ0) is 13.3. The monoisotopic (exact) mass is 254 g/mol. The van der Waals surface area contributed by atoms with E-state index >= 15 is 0 Å². The summed E-state index contributed by atoms with van der Waals surface area (Å²) in [5, 5.41) is 9.15. The van der Waals surface area contributed by atoms with E-state index in [1.165, 1.54) is 0 Å². The van der Waals surface area contributed by atoms with Gasteiger partial charge in [0, 0.05) is 26.2 Å². The lowest BCUT2D eigenvalue weighted by Crippen LogP contribution is -2.49. The van der Waals surface area contributed by atoms with Crippen molar-refractivity contribution in [1.82, 2.24) is 9.80 Å². The molecule has 0 aromatic carbocycles. The summed E-state index contributed by atoms with van der Waals surface area (Å²) in [6, 6.07) is 0.0896. The molecule has 2 saturated heterocycles. The smallest absolute Gasteiger partial charge is 0.320 e. The Kier molecular flexibility index (Phi) is 3.50. The van der Waals surface area contributed by atoms with Crippen molar-refractivity contribution in [2.24, 2.45) is 11.3 Å². The molecule has 0 aromatic rings. The number of urea groups is 1. The molecule has 2 heterocycles. The minimum atomic E-state index is -0.746. The highest BCUT2D eigenvalue weighted by molar-refractivity contribution is 5.77. The quantitative estimate of drug-likeness (QED) is 0.773. The van der Waals surface area contributed by atoms with Gasteiger partial charge in [-0.05, 0) is 32.1 Å². The molecule has 0 saturated carbocycles.